The van der Waals surface area contributed by atoms with E-state index in [0.29, 0.717) is 0 Å². The molecular weight excluding hydrogens is 314 g/mol. The average molecular weight is 322 g/mol. The first-order chi connectivity index (χ1) is 3.27. The molecule has 0 heterocycles. The molecule has 0 amide bonds. The molecule has 42 valence electrons. The number of alkyl halides is 1. The molecule has 0 aliphatic carbocycles. The second-order valence-corrected chi connectivity index (χ2v) is 4.05. The Morgan fingerprint density at radius 3 is 2.43 bits per heavy atom. The van der Waals surface area contributed by atoms with E-state index >= 15 is 0 Å². The smallest absolute Gasteiger partial charge is 0.00302 e. The first-order valence-electron chi connectivity index (χ1n) is 2.15. The highest BCUT2D eigenvalue weighted by molar-refractivity contribution is 14.1. The van der Waals surface area contributed by atoms with Gasteiger partial charge in [0.2, 0.25) is 0 Å². The van der Waals surface area contributed by atoms with Crippen LogP contribution in [0.4, 0.5) is 0 Å². The third-order valence-corrected chi connectivity index (χ3v) is 1.60. The van der Waals surface area contributed by atoms with E-state index in [1.807, 2.05) is 0 Å². The van der Waals surface area contributed by atoms with Gasteiger partial charge in [0.15, 0.2) is 0 Å². The number of halogens is 2. The molecule has 0 aliphatic heterocycles. The zero-order valence-corrected chi connectivity index (χ0v) is 8.56. The number of rotatable bonds is 2. The first kappa shape index (κ1) is 8.20. The van der Waals surface area contributed by atoms with Crippen LogP contribution >= 0.6 is 45.2 Å². The van der Waals surface area contributed by atoms with E-state index in [2.05, 4.69) is 58.2 Å². The fourth-order valence-electron chi connectivity index (χ4n) is 0.253. The minimum absolute atomic E-state index is 1.22. The van der Waals surface area contributed by atoms with E-state index in [1.165, 1.54) is 14.4 Å². The van der Waals surface area contributed by atoms with Gasteiger partial charge in [-0.1, -0.05) is 28.7 Å². The van der Waals surface area contributed by atoms with Crippen LogP contribution in [-0.2, 0) is 0 Å². The Morgan fingerprint density at radius 2 is 2.29 bits per heavy atom. The van der Waals surface area contributed by atoms with Crippen LogP contribution in [-0.4, -0.2) is 4.43 Å². The maximum Gasteiger partial charge on any atom is 0.00302 e. The summed E-state index contributed by atoms with van der Waals surface area (Å²) in [5.74, 6) is 0. The molecule has 0 aromatic carbocycles. The molecule has 0 rings (SSSR count). The molecule has 0 spiro atoms. The standard InChI is InChI=1S/C5H8I2/c1-5(7)3-2-4-6/h3H,2,4H2,1H3/b5-3-. The van der Waals surface area contributed by atoms with Crippen molar-refractivity contribution in [1.82, 2.24) is 0 Å². The van der Waals surface area contributed by atoms with E-state index in [1.54, 1.807) is 0 Å². The summed E-state index contributed by atoms with van der Waals surface area (Å²) in [6.07, 6.45) is 3.46. The van der Waals surface area contributed by atoms with Crippen molar-refractivity contribution in [2.24, 2.45) is 0 Å². The predicted molar refractivity (Wildman–Crippen MR) is 51.3 cm³/mol. The molecular formula is C5H8I2. The summed E-state index contributed by atoms with van der Waals surface area (Å²) in [4.78, 5) is 0. The van der Waals surface area contributed by atoms with Crippen LogP contribution in [0.15, 0.2) is 9.66 Å². The molecule has 0 radical (unpaired) electrons. The Hall–Kier alpha value is 1.20. The molecule has 0 saturated carbocycles. The summed E-state index contributed by atoms with van der Waals surface area (Å²) < 4.78 is 2.63. The van der Waals surface area contributed by atoms with Crippen molar-refractivity contribution < 1.29 is 0 Å². The second kappa shape index (κ2) is 5.34. The van der Waals surface area contributed by atoms with Crippen LogP contribution in [0.5, 0.6) is 0 Å². The van der Waals surface area contributed by atoms with Gasteiger partial charge in [-0.15, -0.1) is 0 Å². The molecule has 0 atom stereocenters. The van der Waals surface area contributed by atoms with Crippen LogP contribution in [0.25, 0.3) is 0 Å². The lowest BCUT2D eigenvalue weighted by molar-refractivity contribution is 1.26. The average Bonchev–Trinajstić information content (AvgIpc) is 1.61. The molecule has 0 saturated heterocycles. The predicted octanol–water partition coefficient (Wildman–Crippen LogP) is 3.15. The Balaban J connectivity index is 3.08. The van der Waals surface area contributed by atoms with Gasteiger partial charge in [-0.05, 0) is 39.5 Å². The number of hydrogen-bond donors (Lipinski definition) is 0. The van der Waals surface area contributed by atoms with Crippen molar-refractivity contribution in [2.75, 3.05) is 4.43 Å². The molecule has 0 unspecified atom stereocenters. The molecule has 0 bridgehead atoms. The van der Waals surface area contributed by atoms with Gasteiger partial charge in [-0.3, -0.25) is 0 Å². The molecule has 2 heteroatoms. The zero-order valence-electron chi connectivity index (χ0n) is 4.25. The molecule has 7 heavy (non-hydrogen) atoms. The Labute approximate surface area is 72.0 Å². The Kier molecular flexibility index (Phi) is 6.25. The number of hydrogen-bond acceptors (Lipinski definition) is 0. The van der Waals surface area contributed by atoms with E-state index < -0.39 is 0 Å². The van der Waals surface area contributed by atoms with Crippen molar-refractivity contribution in [1.29, 1.82) is 0 Å². The van der Waals surface area contributed by atoms with Gasteiger partial charge in [0.25, 0.3) is 0 Å². The first-order valence-corrected chi connectivity index (χ1v) is 4.76. The molecule has 0 aromatic heterocycles. The van der Waals surface area contributed by atoms with Gasteiger partial charge in [-0.25, -0.2) is 0 Å². The van der Waals surface area contributed by atoms with Crippen LogP contribution < -0.4 is 0 Å². The van der Waals surface area contributed by atoms with Crippen molar-refractivity contribution in [3.63, 3.8) is 0 Å². The minimum Gasteiger partial charge on any atom is -0.0860 e. The number of allylic oxidation sites excluding steroid dienone is 2. The third-order valence-electron chi connectivity index (χ3n) is 0.535. The highest BCUT2D eigenvalue weighted by atomic mass is 127. The summed E-state index contributed by atoms with van der Waals surface area (Å²) in [6.45, 7) is 2.12. The topological polar surface area (TPSA) is 0 Å². The highest BCUT2D eigenvalue weighted by Gasteiger charge is 1.75. The van der Waals surface area contributed by atoms with Crippen LogP contribution in [0.3, 0.4) is 0 Å². The SMILES string of the molecule is C/C(I)=C/CCI. The minimum atomic E-state index is 1.22. The zero-order chi connectivity index (χ0) is 5.70. The summed E-state index contributed by atoms with van der Waals surface area (Å²) in [7, 11) is 0. The fraction of sp³-hybridized carbons (Fsp3) is 0.600. The van der Waals surface area contributed by atoms with Gasteiger partial charge < -0.3 is 0 Å². The Bertz CT molecular complexity index is 62.5. The largest absolute Gasteiger partial charge is 0.0860 e. The lowest BCUT2D eigenvalue weighted by Gasteiger charge is -1.82. The third kappa shape index (κ3) is 7.20. The highest BCUT2D eigenvalue weighted by Crippen LogP contribution is 2.04. The van der Waals surface area contributed by atoms with Gasteiger partial charge in [0, 0.05) is 4.43 Å². The lowest BCUT2D eigenvalue weighted by Crippen LogP contribution is -1.64. The fourth-order valence-corrected chi connectivity index (χ4v) is 0.876. The molecule has 0 N–H and O–H groups in total. The molecule has 0 nitrogen and oxygen atoms in total. The van der Waals surface area contributed by atoms with E-state index in [9.17, 15) is 0 Å². The Morgan fingerprint density at radius 1 is 1.71 bits per heavy atom. The van der Waals surface area contributed by atoms with Gasteiger partial charge in [0.05, 0.1) is 0 Å². The normalized spacial score (nSPS) is 12.1. The van der Waals surface area contributed by atoms with E-state index in [0.717, 1.165) is 0 Å². The maximum absolute atomic E-state index is 2.37. The van der Waals surface area contributed by atoms with Gasteiger partial charge in [0.1, 0.15) is 0 Å². The van der Waals surface area contributed by atoms with Crippen molar-refractivity contribution in [3.8, 4) is 0 Å². The molecule has 0 fully saturated rings. The lowest BCUT2D eigenvalue weighted by atomic mass is 10.4. The monoisotopic (exact) mass is 322 g/mol. The molecule has 0 aliphatic rings. The van der Waals surface area contributed by atoms with Crippen molar-refractivity contribution in [2.45, 2.75) is 13.3 Å². The summed E-state index contributed by atoms with van der Waals surface area (Å²) in [5.41, 5.74) is 0. The van der Waals surface area contributed by atoms with Crippen molar-refractivity contribution >= 4 is 45.2 Å². The second-order valence-electron chi connectivity index (χ2n) is 1.27. The summed E-state index contributed by atoms with van der Waals surface area (Å²) in [6, 6.07) is 0. The van der Waals surface area contributed by atoms with Crippen molar-refractivity contribution in [3.05, 3.63) is 9.66 Å². The molecule has 0 aromatic rings. The van der Waals surface area contributed by atoms with E-state index in [-0.39, 0.29) is 0 Å². The van der Waals surface area contributed by atoms with Gasteiger partial charge >= 0.3 is 0 Å². The summed E-state index contributed by atoms with van der Waals surface area (Å²) in [5, 5.41) is 0. The van der Waals surface area contributed by atoms with Crippen LogP contribution in [0, 0.1) is 0 Å². The van der Waals surface area contributed by atoms with Crippen LogP contribution in [0.1, 0.15) is 13.3 Å². The van der Waals surface area contributed by atoms with E-state index in [4.69, 9.17) is 0 Å². The maximum atomic E-state index is 2.37. The quantitative estimate of drug-likeness (QED) is 0.541. The van der Waals surface area contributed by atoms with Crippen LogP contribution in [0.2, 0.25) is 0 Å². The summed E-state index contributed by atoms with van der Waals surface area (Å²) >= 11 is 4.70. The van der Waals surface area contributed by atoms with Gasteiger partial charge in [-0.2, -0.15) is 0 Å².